The lowest BCUT2D eigenvalue weighted by Crippen LogP contribution is -2.47. The number of hydrogen-bond donors (Lipinski definition) is 2. The maximum atomic E-state index is 11.9. The Labute approximate surface area is 97.2 Å². The second-order valence-corrected chi connectivity index (χ2v) is 4.53. The van der Waals surface area contributed by atoms with E-state index in [2.05, 4.69) is 17.6 Å². The first kappa shape index (κ1) is 13.3. The SMILES string of the molecule is CCCC1CCCC[C@H]1NC(=O)NCCF. The van der Waals surface area contributed by atoms with Gasteiger partial charge < -0.3 is 10.6 Å². The lowest BCUT2D eigenvalue weighted by molar-refractivity contribution is 0.212. The summed E-state index contributed by atoms with van der Waals surface area (Å²) in [4.78, 5) is 11.4. The summed E-state index contributed by atoms with van der Waals surface area (Å²) in [7, 11) is 0. The van der Waals surface area contributed by atoms with Gasteiger partial charge in [0.05, 0.1) is 0 Å². The van der Waals surface area contributed by atoms with Crippen LogP contribution in [0.1, 0.15) is 45.4 Å². The molecule has 2 atom stereocenters. The molecule has 1 fully saturated rings. The molecule has 1 unspecified atom stereocenters. The molecule has 2 N–H and O–H groups in total. The fourth-order valence-electron chi connectivity index (χ4n) is 2.49. The van der Waals surface area contributed by atoms with E-state index in [9.17, 15) is 9.18 Å². The Hall–Kier alpha value is -0.800. The van der Waals surface area contributed by atoms with Crippen LogP contribution in [0, 0.1) is 5.92 Å². The molecule has 0 aromatic heterocycles. The van der Waals surface area contributed by atoms with Crippen molar-refractivity contribution < 1.29 is 9.18 Å². The molecular formula is C12H23FN2O. The number of nitrogens with one attached hydrogen (secondary N) is 2. The largest absolute Gasteiger partial charge is 0.336 e. The van der Waals surface area contributed by atoms with Gasteiger partial charge in [-0.05, 0) is 25.2 Å². The van der Waals surface area contributed by atoms with Crippen LogP contribution in [0.15, 0.2) is 0 Å². The monoisotopic (exact) mass is 230 g/mol. The van der Waals surface area contributed by atoms with Gasteiger partial charge in [0.2, 0.25) is 0 Å². The van der Waals surface area contributed by atoms with Crippen LogP contribution >= 0.6 is 0 Å². The highest BCUT2D eigenvalue weighted by Crippen LogP contribution is 2.27. The van der Waals surface area contributed by atoms with E-state index < -0.39 is 6.67 Å². The van der Waals surface area contributed by atoms with Gasteiger partial charge in [-0.15, -0.1) is 0 Å². The predicted molar refractivity (Wildman–Crippen MR) is 63.2 cm³/mol. The Morgan fingerprint density at radius 1 is 1.38 bits per heavy atom. The van der Waals surface area contributed by atoms with Crippen molar-refractivity contribution in [1.29, 1.82) is 0 Å². The number of halogens is 1. The van der Waals surface area contributed by atoms with Crippen molar-refractivity contribution in [3.05, 3.63) is 0 Å². The van der Waals surface area contributed by atoms with Crippen LogP contribution in [0.4, 0.5) is 9.18 Å². The maximum Gasteiger partial charge on any atom is 0.315 e. The molecule has 0 spiro atoms. The fraction of sp³-hybridized carbons (Fsp3) is 0.917. The van der Waals surface area contributed by atoms with Crippen molar-refractivity contribution in [2.75, 3.05) is 13.2 Å². The predicted octanol–water partition coefficient (Wildman–Crippen LogP) is 2.61. The molecule has 1 aliphatic carbocycles. The number of rotatable bonds is 5. The van der Waals surface area contributed by atoms with Gasteiger partial charge in [-0.25, -0.2) is 9.18 Å². The van der Waals surface area contributed by atoms with E-state index in [1.807, 2.05) is 0 Å². The van der Waals surface area contributed by atoms with Crippen LogP contribution in [-0.4, -0.2) is 25.3 Å². The summed E-state index contributed by atoms with van der Waals surface area (Å²) in [5.41, 5.74) is 0. The first-order chi connectivity index (χ1) is 7.77. The van der Waals surface area contributed by atoms with E-state index in [4.69, 9.17) is 0 Å². The van der Waals surface area contributed by atoms with E-state index in [1.165, 1.54) is 25.7 Å². The number of hydrogen-bond acceptors (Lipinski definition) is 1. The highest BCUT2D eigenvalue weighted by molar-refractivity contribution is 5.74. The van der Waals surface area contributed by atoms with Crippen LogP contribution < -0.4 is 10.6 Å². The summed E-state index contributed by atoms with van der Waals surface area (Å²) in [5, 5.41) is 5.49. The second kappa shape index (κ2) is 7.47. The van der Waals surface area contributed by atoms with E-state index in [0.29, 0.717) is 5.92 Å². The molecule has 1 saturated carbocycles. The Morgan fingerprint density at radius 3 is 2.81 bits per heavy atom. The van der Waals surface area contributed by atoms with Gasteiger partial charge in [-0.2, -0.15) is 0 Å². The molecule has 1 rings (SSSR count). The van der Waals surface area contributed by atoms with Gasteiger partial charge in [-0.3, -0.25) is 0 Å². The second-order valence-electron chi connectivity index (χ2n) is 4.53. The summed E-state index contributed by atoms with van der Waals surface area (Å²) in [6.07, 6.45) is 7.07. The van der Waals surface area contributed by atoms with Crippen molar-refractivity contribution in [3.8, 4) is 0 Å². The molecule has 2 amide bonds. The molecule has 1 aliphatic rings. The molecule has 0 aromatic carbocycles. The van der Waals surface area contributed by atoms with Crippen molar-refractivity contribution in [2.45, 2.75) is 51.5 Å². The molecule has 0 bridgehead atoms. The number of urea groups is 1. The van der Waals surface area contributed by atoms with Gasteiger partial charge in [0, 0.05) is 12.6 Å². The zero-order chi connectivity index (χ0) is 11.8. The van der Waals surface area contributed by atoms with Gasteiger partial charge in [-0.1, -0.05) is 26.2 Å². The third-order valence-electron chi connectivity index (χ3n) is 3.27. The minimum absolute atomic E-state index is 0.108. The normalized spacial score (nSPS) is 25.1. The average Bonchev–Trinajstić information content (AvgIpc) is 2.29. The highest BCUT2D eigenvalue weighted by atomic mass is 19.1. The van der Waals surface area contributed by atoms with Crippen molar-refractivity contribution in [1.82, 2.24) is 10.6 Å². The minimum Gasteiger partial charge on any atom is -0.336 e. The van der Waals surface area contributed by atoms with Crippen LogP contribution in [0.5, 0.6) is 0 Å². The zero-order valence-electron chi connectivity index (χ0n) is 10.1. The van der Waals surface area contributed by atoms with Crippen LogP contribution in [0.2, 0.25) is 0 Å². The van der Waals surface area contributed by atoms with Gasteiger partial charge in [0.15, 0.2) is 0 Å². The number of amides is 2. The molecule has 0 heterocycles. The smallest absolute Gasteiger partial charge is 0.315 e. The molecule has 0 saturated heterocycles. The third-order valence-corrected chi connectivity index (χ3v) is 3.27. The zero-order valence-corrected chi connectivity index (χ0v) is 10.1. The lowest BCUT2D eigenvalue weighted by atomic mass is 9.82. The van der Waals surface area contributed by atoms with E-state index in [-0.39, 0.29) is 18.6 Å². The van der Waals surface area contributed by atoms with Crippen molar-refractivity contribution in [2.24, 2.45) is 5.92 Å². The molecule has 0 radical (unpaired) electrons. The first-order valence-corrected chi connectivity index (χ1v) is 6.38. The topological polar surface area (TPSA) is 41.1 Å². The van der Waals surface area contributed by atoms with Crippen molar-refractivity contribution in [3.63, 3.8) is 0 Å². The molecule has 16 heavy (non-hydrogen) atoms. The minimum atomic E-state index is -0.503. The maximum absolute atomic E-state index is 11.9. The Morgan fingerprint density at radius 2 is 2.12 bits per heavy atom. The number of carbonyl (C=O) groups excluding carboxylic acids is 1. The average molecular weight is 230 g/mol. The molecule has 4 heteroatoms. The molecule has 0 aliphatic heterocycles. The quantitative estimate of drug-likeness (QED) is 0.749. The third kappa shape index (κ3) is 4.37. The number of carbonyl (C=O) groups is 1. The van der Waals surface area contributed by atoms with Gasteiger partial charge in [0.25, 0.3) is 0 Å². The lowest BCUT2D eigenvalue weighted by Gasteiger charge is -2.32. The number of alkyl halides is 1. The summed E-state index contributed by atoms with van der Waals surface area (Å²) in [5.74, 6) is 0.606. The Kier molecular flexibility index (Phi) is 6.19. The Bertz CT molecular complexity index is 209. The van der Waals surface area contributed by atoms with Crippen LogP contribution in [0.3, 0.4) is 0 Å². The molecule has 3 nitrogen and oxygen atoms in total. The summed E-state index contributed by atoms with van der Waals surface area (Å²) >= 11 is 0. The van der Waals surface area contributed by atoms with Crippen LogP contribution in [-0.2, 0) is 0 Å². The van der Waals surface area contributed by atoms with E-state index >= 15 is 0 Å². The molecular weight excluding hydrogens is 207 g/mol. The summed E-state index contributed by atoms with van der Waals surface area (Å²) in [6, 6.07) is 0.0685. The highest BCUT2D eigenvalue weighted by Gasteiger charge is 2.25. The van der Waals surface area contributed by atoms with Crippen LogP contribution in [0.25, 0.3) is 0 Å². The van der Waals surface area contributed by atoms with Crippen molar-refractivity contribution >= 4 is 6.03 Å². The summed E-state index contributed by atoms with van der Waals surface area (Å²) in [6.45, 7) is 1.78. The van der Waals surface area contributed by atoms with Gasteiger partial charge in [0.1, 0.15) is 6.67 Å². The fourth-order valence-corrected chi connectivity index (χ4v) is 2.49. The summed E-state index contributed by atoms with van der Waals surface area (Å²) < 4.78 is 11.9. The van der Waals surface area contributed by atoms with E-state index in [1.54, 1.807) is 0 Å². The van der Waals surface area contributed by atoms with E-state index in [0.717, 1.165) is 12.8 Å². The first-order valence-electron chi connectivity index (χ1n) is 6.38. The molecule has 94 valence electrons. The standard InChI is InChI=1S/C12H23FN2O/c1-2-5-10-6-3-4-7-11(10)15-12(16)14-9-8-13/h10-11H,2-9H2,1H3,(H2,14,15,16)/t10?,11-/m1/s1. The Balaban J connectivity index is 2.33. The van der Waals surface area contributed by atoms with Gasteiger partial charge >= 0.3 is 6.03 Å². The molecule has 0 aromatic rings.